The normalized spacial score (nSPS) is 24.5. The van der Waals surface area contributed by atoms with Crippen molar-refractivity contribution in [2.45, 2.75) is 26.2 Å². The van der Waals surface area contributed by atoms with E-state index in [1.165, 1.54) is 25.8 Å². The third kappa shape index (κ3) is 3.86. The number of carbonyl (C=O) groups excluding carboxylic acids is 1. The van der Waals surface area contributed by atoms with Crippen molar-refractivity contribution in [3.8, 4) is 5.75 Å². The van der Waals surface area contributed by atoms with E-state index in [1.54, 1.807) is 7.11 Å². The molecule has 2 saturated heterocycles. The summed E-state index contributed by atoms with van der Waals surface area (Å²) in [5, 5.41) is 0. The molecule has 126 valence electrons. The summed E-state index contributed by atoms with van der Waals surface area (Å²) in [6.07, 6.45) is 3.83. The van der Waals surface area contributed by atoms with E-state index < -0.39 is 0 Å². The monoisotopic (exact) mass is 316 g/mol. The van der Waals surface area contributed by atoms with E-state index in [4.69, 9.17) is 4.74 Å². The lowest BCUT2D eigenvalue weighted by Crippen LogP contribution is -2.54. The van der Waals surface area contributed by atoms with Gasteiger partial charge in [-0.15, -0.1) is 0 Å². The molecule has 2 aliphatic heterocycles. The van der Waals surface area contributed by atoms with Gasteiger partial charge in [0.25, 0.3) is 5.91 Å². The van der Waals surface area contributed by atoms with Crippen molar-refractivity contribution in [1.82, 2.24) is 9.80 Å². The van der Waals surface area contributed by atoms with Gasteiger partial charge < -0.3 is 14.5 Å². The maximum atomic E-state index is 12.8. The average Bonchev–Trinajstić information content (AvgIpc) is 2.58. The summed E-state index contributed by atoms with van der Waals surface area (Å²) < 4.78 is 5.17. The van der Waals surface area contributed by atoms with Gasteiger partial charge in [-0.25, -0.2) is 0 Å². The Hall–Kier alpha value is -1.55. The largest absolute Gasteiger partial charge is 0.497 e. The first-order valence-electron chi connectivity index (χ1n) is 8.85. The zero-order valence-corrected chi connectivity index (χ0v) is 14.3. The number of benzene rings is 1. The van der Waals surface area contributed by atoms with Gasteiger partial charge in [-0.1, -0.05) is 13.3 Å². The minimum atomic E-state index is 0.171. The van der Waals surface area contributed by atoms with Crippen LogP contribution in [-0.2, 0) is 0 Å². The average molecular weight is 316 g/mol. The predicted molar refractivity (Wildman–Crippen MR) is 91.8 cm³/mol. The van der Waals surface area contributed by atoms with Gasteiger partial charge in [0, 0.05) is 31.7 Å². The molecule has 2 heterocycles. The minimum Gasteiger partial charge on any atom is -0.497 e. The van der Waals surface area contributed by atoms with Crippen LogP contribution in [0.3, 0.4) is 0 Å². The number of hydrogen-bond acceptors (Lipinski definition) is 3. The van der Waals surface area contributed by atoms with E-state index in [1.807, 2.05) is 24.3 Å². The molecule has 2 unspecified atom stereocenters. The summed E-state index contributed by atoms with van der Waals surface area (Å²) in [5.41, 5.74) is 0.772. The minimum absolute atomic E-state index is 0.171. The van der Waals surface area contributed by atoms with Gasteiger partial charge in [-0.2, -0.15) is 0 Å². The first-order chi connectivity index (χ1) is 11.2. The molecule has 1 aromatic rings. The molecular weight excluding hydrogens is 288 g/mol. The molecular formula is C19H28N2O2. The van der Waals surface area contributed by atoms with Gasteiger partial charge in [0.1, 0.15) is 5.75 Å². The van der Waals surface area contributed by atoms with Crippen LogP contribution in [0.15, 0.2) is 24.3 Å². The first kappa shape index (κ1) is 16.3. The number of amides is 1. The van der Waals surface area contributed by atoms with Crippen molar-refractivity contribution >= 4 is 5.91 Å². The maximum absolute atomic E-state index is 12.8. The molecule has 4 heteroatoms. The second-order valence-corrected chi connectivity index (χ2v) is 7.02. The quantitative estimate of drug-likeness (QED) is 0.837. The van der Waals surface area contributed by atoms with Crippen molar-refractivity contribution < 1.29 is 9.53 Å². The Balaban J connectivity index is 1.61. The van der Waals surface area contributed by atoms with Gasteiger partial charge in [0.2, 0.25) is 0 Å². The molecule has 2 aliphatic rings. The highest BCUT2D eigenvalue weighted by Gasteiger charge is 2.35. The number of fused-ring (bicyclic) bond motifs is 2. The second kappa shape index (κ2) is 7.35. The van der Waals surface area contributed by atoms with E-state index >= 15 is 0 Å². The fourth-order valence-electron chi connectivity index (χ4n) is 4.03. The van der Waals surface area contributed by atoms with E-state index in [9.17, 15) is 4.79 Å². The Kier molecular flexibility index (Phi) is 5.21. The lowest BCUT2D eigenvalue weighted by molar-refractivity contribution is 0.0259. The first-order valence-corrected chi connectivity index (χ1v) is 8.85. The van der Waals surface area contributed by atoms with Crippen LogP contribution in [0.2, 0.25) is 0 Å². The molecule has 0 aromatic heterocycles. The number of ether oxygens (including phenoxy) is 1. The highest BCUT2D eigenvalue weighted by atomic mass is 16.5. The van der Waals surface area contributed by atoms with E-state index in [0.717, 1.165) is 37.5 Å². The van der Waals surface area contributed by atoms with Gasteiger partial charge in [-0.05, 0) is 55.5 Å². The number of unbranched alkanes of at least 4 members (excludes halogenated alkanes) is 1. The Morgan fingerprint density at radius 1 is 1.13 bits per heavy atom. The van der Waals surface area contributed by atoms with Gasteiger partial charge in [0.05, 0.1) is 7.11 Å². The lowest BCUT2D eigenvalue weighted by atomic mass is 9.84. The summed E-state index contributed by atoms with van der Waals surface area (Å²) in [6, 6.07) is 7.48. The molecule has 0 spiro atoms. The fourth-order valence-corrected chi connectivity index (χ4v) is 4.03. The Bertz CT molecular complexity index is 515. The summed E-state index contributed by atoms with van der Waals surface area (Å²) in [5.74, 6) is 2.25. The van der Waals surface area contributed by atoms with Crippen molar-refractivity contribution in [2.75, 3.05) is 39.8 Å². The van der Waals surface area contributed by atoms with Crippen LogP contribution in [0.1, 0.15) is 36.5 Å². The van der Waals surface area contributed by atoms with E-state index in [-0.39, 0.29) is 5.91 Å². The molecule has 2 fully saturated rings. The van der Waals surface area contributed by atoms with Crippen LogP contribution >= 0.6 is 0 Å². The third-order valence-corrected chi connectivity index (χ3v) is 5.11. The number of hydrogen-bond donors (Lipinski definition) is 0. The molecule has 2 bridgehead atoms. The third-order valence-electron chi connectivity index (χ3n) is 5.11. The summed E-state index contributed by atoms with van der Waals surface area (Å²) >= 11 is 0. The lowest BCUT2D eigenvalue weighted by Gasteiger charge is -2.46. The van der Waals surface area contributed by atoms with Crippen molar-refractivity contribution in [3.05, 3.63) is 29.8 Å². The highest BCUT2D eigenvalue weighted by Crippen LogP contribution is 2.29. The summed E-state index contributed by atoms with van der Waals surface area (Å²) in [4.78, 5) is 17.4. The van der Waals surface area contributed by atoms with E-state index in [2.05, 4.69) is 16.7 Å². The van der Waals surface area contributed by atoms with Gasteiger partial charge in [-0.3, -0.25) is 4.79 Å². The van der Waals surface area contributed by atoms with Crippen molar-refractivity contribution in [1.29, 1.82) is 0 Å². The van der Waals surface area contributed by atoms with Crippen molar-refractivity contribution in [3.63, 3.8) is 0 Å². The number of nitrogens with zero attached hydrogens (tertiary/aromatic N) is 2. The standard InChI is InChI=1S/C19H28N2O2/c1-3-4-9-20-11-15-10-16(12-20)14-21(13-15)19(22)17-5-7-18(23-2)8-6-17/h5-8,15-16H,3-4,9-14H2,1-2H3. The Morgan fingerprint density at radius 2 is 1.78 bits per heavy atom. The fraction of sp³-hybridized carbons (Fsp3) is 0.632. The van der Waals surface area contributed by atoms with Crippen LogP contribution in [0.5, 0.6) is 5.75 Å². The number of methoxy groups -OCH3 is 1. The molecule has 0 saturated carbocycles. The predicted octanol–water partition coefficient (Wildman–Crippen LogP) is 2.89. The topological polar surface area (TPSA) is 32.8 Å². The number of likely N-dealkylation sites (tertiary alicyclic amines) is 2. The number of carbonyl (C=O) groups is 1. The van der Waals surface area contributed by atoms with Crippen molar-refractivity contribution in [2.24, 2.45) is 11.8 Å². The molecule has 23 heavy (non-hydrogen) atoms. The van der Waals surface area contributed by atoms with Crippen LogP contribution in [0.25, 0.3) is 0 Å². The van der Waals surface area contributed by atoms with Crippen LogP contribution in [0.4, 0.5) is 0 Å². The molecule has 3 rings (SSSR count). The second-order valence-electron chi connectivity index (χ2n) is 7.02. The molecule has 1 aromatic carbocycles. The zero-order chi connectivity index (χ0) is 16.2. The molecule has 0 aliphatic carbocycles. The van der Waals surface area contributed by atoms with Crippen LogP contribution in [0, 0.1) is 11.8 Å². The maximum Gasteiger partial charge on any atom is 0.253 e. The summed E-state index contributed by atoms with van der Waals surface area (Å²) in [7, 11) is 1.65. The Morgan fingerprint density at radius 3 is 2.35 bits per heavy atom. The highest BCUT2D eigenvalue weighted by molar-refractivity contribution is 5.94. The number of piperidine rings is 2. The molecule has 0 N–H and O–H groups in total. The van der Waals surface area contributed by atoms with Crippen LogP contribution < -0.4 is 4.74 Å². The SMILES string of the molecule is CCCCN1CC2CC(C1)CN(C(=O)c1ccc(OC)cc1)C2. The number of rotatable bonds is 5. The van der Waals surface area contributed by atoms with Gasteiger partial charge in [0.15, 0.2) is 0 Å². The van der Waals surface area contributed by atoms with Crippen LogP contribution in [-0.4, -0.2) is 55.5 Å². The zero-order valence-electron chi connectivity index (χ0n) is 14.3. The van der Waals surface area contributed by atoms with E-state index in [0.29, 0.717) is 11.8 Å². The molecule has 2 atom stereocenters. The molecule has 1 amide bonds. The Labute approximate surface area is 139 Å². The molecule has 0 radical (unpaired) electrons. The summed E-state index contributed by atoms with van der Waals surface area (Å²) in [6.45, 7) is 7.59. The van der Waals surface area contributed by atoms with Gasteiger partial charge >= 0.3 is 0 Å². The molecule has 4 nitrogen and oxygen atoms in total. The smallest absolute Gasteiger partial charge is 0.253 e.